The molecule has 0 fully saturated rings. The van der Waals surface area contributed by atoms with Crippen LogP contribution < -0.4 is 19.6 Å². The first-order valence-electron chi connectivity index (χ1n) is 11.4. The molecule has 8 heteroatoms. The maximum absolute atomic E-state index is 14.0. The van der Waals surface area contributed by atoms with Crippen molar-refractivity contribution in [3.05, 3.63) is 63.4 Å². The summed E-state index contributed by atoms with van der Waals surface area (Å²) >= 11 is 0. The van der Waals surface area contributed by atoms with Gasteiger partial charge in [-0.2, -0.15) is 0 Å². The van der Waals surface area contributed by atoms with Gasteiger partial charge in [0.25, 0.3) is 0 Å². The molecule has 36 heavy (non-hydrogen) atoms. The molecule has 2 heterocycles. The number of phenolic OH excluding ortho intramolecular Hbond substituents is 1. The van der Waals surface area contributed by atoms with Crippen LogP contribution in [0.15, 0.2) is 51.2 Å². The molecule has 188 valence electrons. The summed E-state index contributed by atoms with van der Waals surface area (Å²) in [4.78, 5) is 24.9. The largest absolute Gasteiger partial charge is 0.504 e. The van der Waals surface area contributed by atoms with E-state index < -0.39 is 11.6 Å². The van der Waals surface area contributed by atoms with E-state index in [0.717, 1.165) is 11.6 Å². The lowest BCUT2D eigenvalue weighted by atomic mass is 9.97. The van der Waals surface area contributed by atoms with Gasteiger partial charge in [-0.3, -0.25) is 4.79 Å². The van der Waals surface area contributed by atoms with E-state index in [1.165, 1.54) is 19.3 Å². The fraction of sp³-hybridized carbons (Fsp3) is 0.286. The van der Waals surface area contributed by atoms with Crippen molar-refractivity contribution >= 4 is 34.0 Å². The van der Waals surface area contributed by atoms with Gasteiger partial charge in [0, 0.05) is 23.8 Å². The van der Waals surface area contributed by atoms with Crippen LogP contribution >= 0.6 is 0 Å². The van der Waals surface area contributed by atoms with Crippen molar-refractivity contribution in [1.29, 1.82) is 0 Å². The van der Waals surface area contributed by atoms with Crippen LogP contribution in [0.4, 0.5) is 0 Å². The molecule has 0 unspecified atom stereocenters. The standard InChI is InChI=1S/C28H28O8/c1-15(2)8-9-17-23-20(13-18(29)26(17)33-5)35-21-14-19-16(10-11-28(3,4)36-19)27(24(21)25(23)32)34-12-6-7-22(30)31/h6-8,10-11,13-14,29H,9,12H2,1-5H3,(H,30,31)/b7-6+. The Hall–Kier alpha value is -4.20. The van der Waals surface area contributed by atoms with Crippen LogP contribution in [0.2, 0.25) is 0 Å². The number of methoxy groups -OCH3 is 1. The van der Waals surface area contributed by atoms with Crippen molar-refractivity contribution in [3.8, 4) is 23.0 Å². The molecule has 1 aliphatic heterocycles. The smallest absolute Gasteiger partial charge is 0.328 e. The third-order valence-corrected chi connectivity index (χ3v) is 5.77. The normalized spacial score (nSPS) is 14.0. The highest BCUT2D eigenvalue weighted by Gasteiger charge is 2.28. The Bertz CT molecular complexity index is 1510. The summed E-state index contributed by atoms with van der Waals surface area (Å²) in [5, 5.41) is 20.0. The van der Waals surface area contributed by atoms with Gasteiger partial charge in [0.1, 0.15) is 40.3 Å². The zero-order valence-electron chi connectivity index (χ0n) is 20.8. The van der Waals surface area contributed by atoms with Crippen LogP contribution in [0.5, 0.6) is 23.0 Å². The molecule has 0 spiro atoms. The minimum absolute atomic E-state index is 0.0872. The second-order valence-corrected chi connectivity index (χ2v) is 9.28. The molecule has 0 bridgehead atoms. The summed E-state index contributed by atoms with van der Waals surface area (Å²) < 4.78 is 23.6. The number of carboxylic acids is 1. The quantitative estimate of drug-likeness (QED) is 0.257. The number of fused-ring (bicyclic) bond motifs is 3. The first kappa shape index (κ1) is 24.9. The maximum atomic E-state index is 14.0. The lowest BCUT2D eigenvalue weighted by Crippen LogP contribution is -2.27. The van der Waals surface area contributed by atoms with E-state index in [1.54, 1.807) is 6.07 Å². The summed E-state index contributed by atoms with van der Waals surface area (Å²) in [6.45, 7) is 7.57. The molecule has 0 saturated heterocycles. The Labute approximate surface area is 207 Å². The third kappa shape index (κ3) is 4.66. The molecule has 1 aromatic heterocycles. The summed E-state index contributed by atoms with van der Waals surface area (Å²) in [5.41, 5.74) is 1.53. The minimum Gasteiger partial charge on any atom is -0.504 e. The highest BCUT2D eigenvalue weighted by atomic mass is 16.5. The van der Waals surface area contributed by atoms with Gasteiger partial charge in [0.05, 0.1) is 18.1 Å². The molecule has 0 atom stereocenters. The van der Waals surface area contributed by atoms with Gasteiger partial charge in [-0.1, -0.05) is 11.6 Å². The van der Waals surface area contributed by atoms with Crippen molar-refractivity contribution in [1.82, 2.24) is 0 Å². The van der Waals surface area contributed by atoms with Crippen LogP contribution in [-0.2, 0) is 11.2 Å². The first-order chi connectivity index (χ1) is 17.0. The van der Waals surface area contributed by atoms with E-state index in [4.69, 9.17) is 23.7 Å². The van der Waals surface area contributed by atoms with E-state index in [0.29, 0.717) is 23.3 Å². The molecule has 1 aliphatic rings. The first-order valence-corrected chi connectivity index (χ1v) is 11.4. The number of rotatable bonds is 7. The summed E-state index contributed by atoms with van der Waals surface area (Å²) in [5.74, 6) is -0.373. The highest BCUT2D eigenvalue weighted by molar-refractivity contribution is 5.99. The number of benzene rings is 2. The SMILES string of the molecule is COc1c(O)cc2oc3cc4c(c(OC/C=C/C(=O)O)c3c(=O)c2c1CC=C(C)C)C=CC(C)(C)O4. The molecule has 8 nitrogen and oxygen atoms in total. The fourth-order valence-electron chi connectivity index (χ4n) is 4.18. The number of aromatic hydroxyl groups is 1. The number of hydrogen-bond acceptors (Lipinski definition) is 7. The third-order valence-electron chi connectivity index (χ3n) is 5.77. The van der Waals surface area contributed by atoms with Gasteiger partial charge in [0.15, 0.2) is 11.5 Å². The number of carboxylic acid groups (broad SMARTS) is 1. The van der Waals surface area contributed by atoms with E-state index in [2.05, 4.69) is 0 Å². The molecule has 3 aromatic rings. The van der Waals surface area contributed by atoms with Crippen LogP contribution in [-0.4, -0.2) is 35.5 Å². The average molecular weight is 493 g/mol. The van der Waals surface area contributed by atoms with Crippen molar-refractivity contribution in [2.75, 3.05) is 13.7 Å². The molecule has 0 amide bonds. The lowest BCUT2D eigenvalue weighted by molar-refractivity contribution is -0.131. The van der Waals surface area contributed by atoms with Gasteiger partial charge < -0.3 is 28.8 Å². The zero-order valence-corrected chi connectivity index (χ0v) is 20.8. The minimum atomic E-state index is -1.11. The molecular weight excluding hydrogens is 464 g/mol. The second kappa shape index (κ2) is 9.45. The molecular formula is C28H28O8. The number of allylic oxidation sites excluding steroid dienone is 2. The summed E-state index contributed by atoms with van der Waals surface area (Å²) in [6, 6.07) is 3.00. The van der Waals surface area contributed by atoms with E-state index in [9.17, 15) is 14.7 Å². The van der Waals surface area contributed by atoms with Gasteiger partial charge in [-0.15, -0.1) is 0 Å². The van der Waals surface area contributed by atoms with Gasteiger partial charge >= 0.3 is 5.97 Å². The molecule has 4 rings (SSSR count). The Morgan fingerprint density at radius 1 is 1.14 bits per heavy atom. The van der Waals surface area contributed by atoms with Crippen LogP contribution in [0, 0.1) is 0 Å². The molecule has 0 saturated carbocycles. The van der Waals surface area contributed by atoms with Crippen LogP contribution in [0.1, 0.15) is 38.8 Å². The van der Waals surface area contributed by atoms with E-state index >= 15 is 0 Å². The van der Waals surface area contributed by atoms with Crippen molar-refractivity contribution in [3.63, 3.8) is 0 Å². The topological polar surface area (TPSA) is 115 Å². The van der Waals surface area contributed by atoms with Crippen molar-refractivity contribution in [2.45, 2.75) is 39.7 Å². The number of carbonyl (C=O) groups is 1. The molecule has 2 N–H and O–H groups in total. The summed E-state index contributed by atoms with van der Waals surface area (Å²) in [6.07, 6.45) is 8.25. The number of hydrogen-bond donors (Lipinski definition) is 2. The Morgan fingerprint density at radius 2 is 1.86 bits per heavy atom. The Morgan fingerprint density at radius 3 is 2.53 bits per heavy atom. The van der Waals surface area contributed by atoms with Gasteiger partial charge in [-0.25, -0.2) is 4.79 Å². The Balaban J connectivity index is 2.07. The number of aliphatic carboxylic acids is 1. The lowest BCUT2D eigenvalue weighted by Gasteiger charge is -2.29. The maximum Gasteiger partial charge on any atom is 0.328 e. The highest BCUT2D eigenvalue weighted by Crippen LogP contribution is 2.44. The predicted octanol–water partition coefficient (Wildman–Crippen LogP) is 5.37. The number of ether oxygens (including phenoxy) is 3. The van der Waals surface area contributed by atoms with Gasteiger partial charge in [-0.05, 0) is 52.3 Å². The average Bonchev–Trinajstić information content (AvgIpc) is 2.78. The van der Waals surface area contributed by atoms with Crippen molar-refractivity contribution in [2.24, 2.45) is 0 Å². The summed E-state index contributed by atoms with van der Waals surface area (Å²) in [7, 11) is 1.43. The molecule has 0 aliphatic carbocycles. The molecule has 0 radical (unpaired) electrons. The van der Waals surface area contributed by atoms with Crippen molar-refractivity contribution < 1.29 is 33.6 Å². The van der Waals surface area contributed by atoms with E-state index in [1.807, 2.05) is 45.9 Å². The monoisotopic (exact) mass is 492 g/mol. The zero-order chi connectivity index (χ0) is 26.2. The molecule has 2 aromatic carbocycles. The van der Waals surface area contributed by atoms with Gasteiger partial charge in [0.2, 0.25) is 5.43 Å². The van der Waals surface area contributed by atoms with Crippen LogP contribution in [0.3, 0.4) is 0 Å². The van der Waals surface area contributed by atoms with Crippen LogP contribution in [0.25, 0.3) is 28.0 Å². The Kier molecular flexibility index (Phi) is 6.54. The van der Waals surface area contributed by atoms with E-state index in [-0.39, 0.29) is 51.2 Å². The fourth-order valence-corrected chi connectivity index (χ4v) is 4.18. The predicted molar refractivity (Wildman–Crippen MR) is 137 cm³/mol. The second-order valence-electron chi connectivity index (χ2n) is 9.28. The number of phenols is 1.